The lowest BCUT2D eigenvalue weighted by atomic mass is 10.1. The van der Waals surface area contributed by atoms with Crippen LogP contribution in [0.15, 0.2) is 54.7 Å². The van der Waals surface area contributed by atoms with Crippen LogP contribution in [0.2, 0.25) is 0 Å². The first-order chi connectivity index (χ1) is 13.8. The molecule has 0 saturated heterocycles. The SMILES string of the molecule is COc1cc(-c2c(OC)cccc2OC)n(Cc2ccc(OC(F)(F)F)cc2)c1. The zero-order chi connectivity index (χ0) is 21.0. The predicted molar refractivity (Wildman–Crippen MR) is 102 cm³/mol. The number of methoxy groups -OCH3 is 3. The van der Waals surface area contributed by atoms with Crippen molar-refractivity contribution in [3.05, 3.63) is 60.3 Å². The largest absolute Gasteiger partial charge is 0.573 e. The Kier molecular flexibility index (Phi) is 5.91. The van der Waals surface area contributed by atoms with Crippen molar-refractivity contribution in [1.82, 2.24) is 4.57 Å². The molecule has 1 aromatic heterocycles. The third kappa shape index (κ3) is 4.77. The summed E-state index contributed by atoms with van der Waals surface area (Å²) >= 11 is 0. The quantitative estimate of drug-likeness (QED) is 0.545. The molecule has 0 spiro atoms. The molecule has 0 aliphatic heterocycles. The number of nitrogens with zero attached hydrogens (tertiary/aromatic N) is 1. The van der Waals surface area contributed by atoms with Gasteiger partial charge >= 0.3 is 6.36 Å². The van der Waals surface area contributed by atoms with Crippen molar-refractivity contribution >= 4 is 0 Å². The first-order valence-corrected chi connectivity index (χ1v) is 8.65. The lowest BCUT2D eigenvalue weighted by Crippen LogP contribution is -2.17. The number of hydrogen-bond donors (Lipinski definition) is 0. The molecule has 1 heterocycles. The summed E-state index contributed by atoms with van der Waals surface area (Å²) in [6, 6.07) is 13.1. The van der Waals surface area contributed by atoms with Gasteiger partial charge < -0.3 is 23.5 Å². The molecule has 0 aliphatic carbocycles. The highest BCUT2D eigenvalue weighted by Crippen LogP contribution is 2.40. The number of halogens is 3. The van der Waals surface area contributed by atoms with Gasteiger partial charge in [0.2, 0.25) is 0 Å². The maximum atomic E-state index is 12.3. The number of benzene rings is 2. The van der Waals surface area contributed by atoms with Crippen molar-refractivity contribution in [2.45, 2.75) is 12.9 Å². The Morgan fingerprint density at radius 1 is 0.828 bits per heavy atom. The van der Waals surface area contributed by atoms with E-state index in [0.29, 0.717) is 23.8 Å². The van der Waals surface area contributed by atoms with Crippen LogP contribution in [0.4, 0.5) is 13.2 Å². The van der Waals surface area contributed by atoms with Gasteiger partial charge in [-0.1, -0.05) is 18.2 Å². The van der Waals surface area contributed by atoms with Crippen LogP contribution in [0.25, 0.3) is 11.3 Å². The van der Waals surface area contributed by atoms with Crippen LogP contribution in [0, 0.1) is 0 Å². The van der Waals surface area contributed by atoms with Crippen molar-refractivity contribution < 1.29 is 32.1 Å². The predicted octanol–water partition coefficient (Wildman–Crippen LogP) is 5.13. The van der Waals surface area contributed by atoms with E-state index in [4.69, 9.17) is 14.2 Å². The minimum absolute atomic E-state index is 0.266. The van der Waals surface area contributed by atoms with Gasteiger partial charge in [-0.2, -0.15) is 0 Å². The highest BCUT2D eigenvalue weighted by atomic mass is 19.4. The van der Waals surface area contributed by atoms with Crippen molar-refractivity contribution in [2.75, 3.05) is 21.3 Å². The molecule has 8 heteroatoms. The zero-order valence-corrected chi connectivity index (χ0v) is 16.1. The number of ether oxygens (including phenoxy) is 4. The summed E-state index contributed by atoms with van der Waals surface area (Å²) in [5.41, 5.74) is 2.32. The van der Waals surface area contributed by atoms with E-state index in [0.717, 1.165) is 16.8 Å². The van der Waals surface area contributed by atoms with Crippen LogP contribution in [-0.4, -0.2) is 32.3 Å². The average molecular weight is 407 g/mol. The van der Waals surface area contributed by atoms with Gasteiger partial charge in [0.25, 0.3) is 0 Å². The molecule has 0 aliphatic rings. The Labute approximate surface area is 166 Å². The molecule has 154 valence electrons. The smallest absolute Gasteiger partial charge is 0.496 e. The van der Waals surface area contributed by atoms with E-state index in [1.807, 2.05) is 28.8 Å². The van der Waals surface area contributed by atoms with Crippen LogP contribution in [0.3, 0.4) is 0 Å². The molecule has 0 amide bonds. The first-order valence-electron chi connectivity index (χ1n) is 8.65. The second kappa shape index (κ2) is 8.38. The standard InChI is InChI=1S/C21H20F3NO4/c1-26-16-11-17(20-18(27-2)5-4-6-19(20)28-3)25(13-16)12-14-7-9-15(10-8-14)29-21(22,23)24/h4-11,13H,12H2,1-3H3. The normalized spacial score (nSPS) is 11.2. The molecular weight excluding hydrogens is 387 g/mol. The third-order valence-corrected chi connectivity index (χ3v) is 4.30. The van der Waals surface area contributed by atoms with Gasteiger partial charge in [-0.3, -0.25) is 0 Å². The van der Waals surface area contributed by atoms with Crippen molar-refractivity contribution in [3.63, 3.8) is 0 Å². The summed E-state index contributed by atoms with van der Waals surface area (Å²) in [6.07, 6.45) is -2.91. The van der Waals surface area contributed by atoms with Crippen molar-refractivity contribution in [2.24, 2.45) is 0 Å². The monoisotopic (exact) mass is 407 g/mol. The van der Waals surface area contributed by atoms with Crippen LogP contribution in [0.5, 0.6) is 23.0 Å². The highest BCUT2D eigenvalue weighted by molar-refractivity contribution is 5.76. The van der Waals surface area contributed by atoms with Crippen LogP contribution in [-0.2, 0) is 6.54 Å². The lowest BCUT2D eigenvalue weighted by Gasteiger charge is -2.16. The third-order valence-electron chi connectivity index (χ3n) is 4.30. The Morgan fingerprint density at radius 3 is 1.97 bits per heavy atom. The minimum atomic E-state index is -4.72. The highest BCUT2D eigenvalue weighted by Gasteiger charge is 2.31. The summed E-state index contributed by atoms with van der Waals surface area (Å²) in [4.78, 5) is 0. The van der Waals surface area contributed by atoms with Crippen LogP contribution < -0.4 is 18.9 Å². The molecule has 0 atom stereocenters. The summed E-state index contributed by atoms with van der Waals surface area (Å²) in [5.74, 6) is 1.61. The fraction of sp³-hybridized carbons (Fsp3) is 0.238. The van der Waals surface area contributed by atoms with Crippen LogP contribution >= 0.6 is 0 Å². The van der Waals surface area contributed by atoms with E-state index in [1.165, 1.54) is 12.1 Å². The van der Waals surface area contributed by atoms with Gasteiger partial charge in [0, 0.05) is 18.8 Å². The number of rotatable bonds is 7. The Bertz CT molecular complexity index is 943. The van der Waals surface area contributed by atoms with E-state index >= 15 is 0 Å². The fourth-order valence-corrected chi connectivity index (χ4v) is 3.03. The molecule has 0 unspecified atom stereocenters. The van der Waals surface area contributed by atoms with Gasteiger partial charge in [0.15, 0.2) is 0 Å². The Balaban J connectivity index is 1.97. The summed E-state index contributed by atoms with van der Waals surface area (Å²) in [5, 5.41) is 0. The minimum Gasteiger partial charge on any atom is -0.496 e. The molecule has 5 nitrogen and oxygen atoms in total. The second-order valence-corrected chi connectivity index (χ2v) is 6.12. The summed E-state index contributed by atoms with van der Waals surface area (Å²) < 4.78 is 59.2. The topological polar surface area (TPSA) is 41.9 Å². The van der Waals surface area contributed by atoms with Gasteiger partial charge in [-0.25, -0.2) is 0 Å². The Morgan fingerprint density at radius 2 is 1.45 bits per heavy atom. The maximum absolute atomic E-state index is 12.3. The van der Waals surface area contributed by atoms with Gasteiger partial charge in [0.1, 0.15) is 23.0 Å². The van der Waals surface area contributed by atoms with E-state index < -0.39 is 6.36 Å². The van der Waals surface area contributed by atoms with Gasteiger partial charge in [-0.15, -0.1) is 13.2 Å². The van der Waals surface area contributed by atoms with Crippen molar-refractivity contribution in [1.29, 1.82) is 0 Å². The van der Waals surface area contributed by atoms with Gasteiger partial charge in [0.05, 0.1) is 32.6 Å². The summed E-state index contributed by atoms with van der Waals surface area (Å²) in [6.45, 7) is 0.395. The number of aromatic nitrogens is 1. The van der Waals surface area contributed by atoms with Crippen LogP contribution in [0.1, 0.15) is 5.56 Å². The van der Waals surface area contributed by atoms with E-state index in [-0.39, 0.29) is 5.75 Å². The second-order valence-electron chi connectivity index (χ2n) is 6.12. The lowest BCUT2D eigenvalue weighted by molar-refractivity contribution is -0.274. The van der Waals surface area contributed by atoms with E-state index in [1.54, 1.807) is 39.7 Å². The van der Waals surface area contributed by atoms with E-state index in [2.05, 4.69) is 4.74 Å². The molecule has 29 heavy (non-hydrogen) atoms. The Hall–Kier alpha value is -3.29. The first kappa shape index (κ1) is 20.4. The fourth-order valence-electron chi connectivity index (χ4n) is 3.03. The molecule has 0 fully saturated rings. The number of alkyl halides is 3. The molecule has 0 bridgehead atoms. The van der Waals surface area contributed by atoms with Crippen molar-refractivity contribution in [3.8, 4) is 34.3 Å². The molecular formula is C21H20F3NO4. The van der Waals surface area contributed by atoms with Gasteiger partial charge in [-0.05, 0) is 29.8 Å². The molecule has 3 rings (SSSR count). The molecule has 0 radical (unpaired) electrons. The number of hydrogen-bond acceptors (Lipinski definition) is 4. The maximum Gasteiger partial charge on any atom is 0.573 e. The molecule has 2 aromatic carbocycles. The molecule has 0 N–H and O–H groups in total. The zero-order valence-electron chi connectivity index (χ0n) is 16.1. The average Bonchev–Trinajstić information content (AvgIpc) is 3.10. The molecule has 0 saturated carbocycles. The summed E-state index contributed by atoms with van der Waals surface area (Å²) in [7, 11) is 4.70. The van der Waals surface area contributed by atoms with E-state index in [9.17, 15) is 13.2 Å². The molecule has 3 aromatic rings.